The molecule has 6 nitrogen and oxygen atoms in total. The van der Waals surface area contributed by atoms with Crippen LogP contribution >= 0.6 is 15.9 Å². The summed E-state index contributed by atoms with van der Waals surface area (Å²) < 4.78 is 6.95. The summed E-state index contributed by atoms with van der Waals surface area (Å²) >= 11 is 3.47. The van der Waals surface area contributed by atoms with Crippen molar-refractivity contribution in [2.45, 2.75) is 39.9 Å². The Kier molecular flexibility index (Phi) is 7.14. The summed E-state index contributed by atoms with van der Waals surface area (Å²) in [6.45, 7) is 9.54. The molecule has 2 heterocycles. The van der Waals surface area contributed by atoms with Gasteiger partial charge in [0, 0.05) is 50.2 Å². The molecule has 0 N–H and O–H groups in total. The van der Waals surface area contributed by atoms with Crippen molar-refractivity contribution in [3.63, 3.8) is 0 Å². The molecular formula is C22H28BrN3O3. The highest BCUT2D eigenvalue weighted by molar-refractivity contribution is 9.10. The number of halogens is 1. The lowest BCUT2D eigenvalue weighted by molar-refractivity contribution is -0.130. The minimum absolute atomic E-state index is 0.0527. The first-order valence-corrected chi connectivity index (χ1v) is 10.7. The standard InChI is InChI=1S/C22H28BrN3O3/c1-16(2)26(14-18-4-6-19(23)7-5-18)15-20-8-9-21(29-20)22(28)25-12-10-24(11-13-25)17(3)27/h4-9,16H,10-15H2,1-3H3. The highest BCUT2D eigenvalue weighted by Crippen LogP contribution is 2.19. The highest BCUT2D eigenvalue weighted by atomic mass is 79.9. The molecule has 3 rings (SSSR count). The Morgan fingerprint density at radius 1 is 1.00 bits per heavy atom. The second-order valence-electron chi connectivity index (χ2n) is 7.69. The third-order valence-corrected chi connectivity index (χ3v) is 5.80. The molecule has 0 atom stereocenters. The zero-order chi connectivity index (χ0) is 21.0. The molecule has 0 spiro atoms. The molecule has 2 aromatic rings. The summed E-state index contributed by atoms with van der Waals surface area (Å²) in [7, 11) is 0. The van der Waals surface area contributed by atoms with Gasteiger partial charge in [-0.1, -0.05) is 28.1 Å². The zero-order valence-electron chi connectivity index (χ0n) is 17.2. The van der Waals surface area contributed by atoms with Crippen LogP contribution in [-0.2, 0) is 17.9 Å². The van der Waals surface area contributed by atoms with Crippen molar-refractivity contribution in [3.8, 4) is 0 Å². The molecule has 1 saturated heterocycles. The van der Waals surface area contributed by atoms with Crippen molar-refractivity contribution < 1.29 is 14.0 Å². The van der Waals surface area contributed by atoms with Gasteiger partial charge in [-0.15, -0.1) is 0 Å². The van der Waals surface area contributed by atoms with Crippen molar-refractivity contribution in [3.05, 3.63) is 58.0 Å². The second kappa shape index (κ2) is 9.59. The number of rotatable bonds is 6. The van der Waals surface area contributed by atoms with Gasteiger partial charge in [-0.2, -0.15) is 0 Å². The van der Waals surface area contributed by atoms with Crippen LogP contribution in [0.4, 0.5) is 0 Å². The quantitative estimate of drug-likeness (QED) is 0.656. The van der Waals surface area contributed by atoms with Gasteiger partial charge in [-0.25, -0.2) is 0 Å². The number of hydrogen-bond acceptors (Lipinski definition) is 4. The van der Waals surface area contributed by atoms with Crippen LogP contribution in [0.25, 0.3) is 0 Å². The van der Waals surface area contributed by atoms with Gasteiger partial charge < -0.3 is 14.2 Å². The number of benzene rings is 1. The maximum absolute atomic E-state index is 12.7. The summed E-state index contributed by atoms with van der Waals surface area (Å²) in [5.74, 6) is 1.09. The second-order valence-corrected chi connectivity index (χ2v) is 8.61. The Bertz CT molecular complexity index is 839. The summed E-state index contributed by atoms with van der Waals surface area (Å²) in [6.07, 6.45) is 0. The normalized spacial score (nSPS) is 14.7. The smallest absolute Gasteiger partial charge is 0.289 e. The van der Waals surface area contributed by atoms with Crippen LogP contribution in [0.5, 0.6) is 0 Å². The Morgan fingerprint density at radius 2 is 1.62 bits per heavy atom. The van der Waals surface area contributed by atoms with Gasteiger partial charge >= 0.3 is 0 Å². The van der Waals surface area contributed by atoms with Gasteiger partial charge in [-0.3, -0.25) is 14.5 Å². The SMILES string of the molecule is CC(=O)N1CCN(C(=O)c2ccc(CN(Cc3ccc(Br)cc3)C(C)C)o2)CC1. The van der Waals surface area contributed by atoms with Gasteiger partial charge in [-0.05, 0) is 43.7 Å². The van der Waals surface area contributed by atoms with Crippen LogP contribution in [0.1, 0.15) is 42.6 Å². The van der Waals surface area contributed by atoms with Gasteiger partial charge in [0.1, 0.15) is 5.76 Å². The zero-order valence-corrected chi connectivity index (χ0v) is 18.8. The summed E-state index contributed by atoms with van der Waals surface area (Å²) in [5.41, 5.74) is 1.23. The third-order valence-electron chi connectivity index (χ3n) is 5.27. The van der Waals surface area contributed by atoms with Crippen molar-refractivity contribution in [2.75, 3.05) is 26.2 Å². The number of carbonyl (C=O) groups is 2. The van der Waals surface area contributed by atoms with E-state index in [0.29, 0.717) is 44.5 Å². The van der Waals surface area contributed by atoms with Crippen molar-refractivity contribution >= 4 is 27.7 Å². The van der Waals surface area contributed by atoms with E-state index in [1.54, 1.807) is 22.8 Å². The van der Waals surface area contributed by atoms with Crippen LogP contribution in [0.3, 0.4) is 0 Å². The van der Waals surface area contributed by atoms with Crippen LogP contribution in [-0.4, -0.2) is 58.7 Å². The van der Waals surface area contributed by atoms with Gasteiger partial charge in [0.2, 0.25) is 5.91 Å². The molecule has 0 unspecified atom stereocenters. The lowest BCUT2D eigenvalue weighted by Gasteiger charge is -2.33. The molecule has 1 aromatic heterocycles. The fourth-order valence-electron chi connectivity index (χ4n) is 3.40. The molecular weight excluding hydrogens is 434 g/mol. The summed E-state index contributed by atoms with van der Waals surface area (Å²) in [6, 6.07) is 12.3. The van der Waals surface area contributed by atoms with Crippen molar-refractivity contribution in [2.24, 2.45) is 0 Å². The predicted molar refractivity (Wildman–Crippen MR) is 115 cm³/mol. The Balaban J connectivity index is 1.61. The highest BCUT2D eigenvalue weighted by Gasteiger charge is 2.25. The fraction of sp³-hybridized carbons (Fsp3) is 0.455. The molecule has 0 radical (unpaired) electrons. The van der Waals surface area contributed by atoms with Gasteiger partial charge in [0.05, 0.1) is 6.54 Å². The average molecular weight is 462 g/mol. The number of furan rings is 1. The minimum Gasteiger partial charge on any atom is -0.455 e. The monoisotopic (exact) mass is 461 g/mol. The summed E-state index contributed by atoms with van der Waals surface area (Å²) in [5, 5.41) is 0. The molecule has 0 saturated carbocycles. The van der Waals surface area contributed by atoms with E-state index in [0.717, 1.165) is 16.8 Å². The first-order valence-electron chi connectivity index (χ1n) is 9.95. The molecule has 1 fully saturated rings. The third kappa shape index (κ3) is 5.70. The van der Waals surface area contributed by atoms with E-state index in [1.807, 2.05) is 18.2 Å². The average Bonchev–Trinajstić information content (AvgIpc) is 3.17. The van der Waals surface area contributed by atoms with Crippen molar-refractivity contribution in [1.29, 1.82) is 0 Å². The number of nitrogens with zero attached hydrogens (tertiary/aromatic N) is 3. The molecule has 29 heavy (non-hydrogen) atoms. The van der Waals surface area contributed by atoms with E-state index in [9.17, 15) is 9.59 Å². The lowest BCUT2D eigenvalue weighted by atomic mass is 10.2. The molecule has 7 heteroatoms. The minimum atomic E-state index is -0.108. The van der Waals surface area contributed by atoms with Crippen LogP contribution < -0.4 is 0 Å². The van der Waals surface area contributed by atoms with E-state index in [4.69, 9.17) is 4.42 Å². The largest absolute Gasteiger partial charge is 0.455 e. The van der Waals surface area contributed by atoms with Crippen molar-refractivity contribution in [1.82, 2.24) is 14.7 Å². The van der Waals surface area contributed by atoms with Crippen LogP contribution in [0.2, 0.25) is 0 Å². The summed E-state index contributed by atoms with van der Waals surface area (Å²) in [4.78, 5) is 30.0. The fourth-order valence-corrected chi connectivity index (χ4v) is 3.67. The Morgan fingerprint density at radius 3 is 2.21 bits per heavy atom. The maximum atomic E-state index is 12.7. The molecule has 156 valence electrons. The van der Waals surface area contributed by atoms with E-state index in [-0.39, 0.29) is 11.8 Å². The van der Waals surface area contributed by atoms with E-state index in [1.165, 1.54) is 5.56 Å². The van der Waals surface area contributed by atoms with Gasteiger partial charge in [0.15, 0.2) is 5.76 Å². The molecule has 1 aliphatic rings. The van der Waals surface area contributed by atoms with E-state index < -0.39 is 0 Å². The number of hydrogen-bond donors (Lipinski definition) is 0. The number of amides is 2. The topological polar surface area (TPSA) is 57.0 Å². The molecule has 1 aliphatic heterocycles. The molecule has 2 amide bonds. The van der Waals surface area contributed by atoms with E-state index in [2.05, 4.69) is 46.8 Å². The maximum Gasteiger partial charge on any atom is 0.289 e. The molecule has 0 aliphatic carbocycles. The molecule has 1 aromatic carbocycles. The Hall–Kier alpha value is -2.12. The van der Waals surface area contributed by atoms with Gasteiger partial charge in [0.25, 0.3) is 5.91 Å². The molecule has 0 bridgehead atoms. The predicted octanol–water partition coefficient (Wildman–Crippen LogP) is 3.76. The lowest BCUT2D eigenvalue weighted by Crippen LogP contribution is -2.50. The number of piperazine rings is 1. The van der Waals surface area contributed by atoms with Crippen LogP contribution in [0, 0.1) is 0 Å². The first kappa shape index (κ1) is 21.6. The Labute approximate surface area is 180 Å². The first-order chi connectivity index (χ1) is 13.8. The van der Waals surface area contributed by atoms with Crippen LogP contribution in [0.15, 0.2) is 45.3 Å². The van der Waals surface area contributed by atoms with E-state index >= 15 is 0 Å². The number of carbonyl (C=O) groups excluding carboxylic acids is 2.